The molecule has 0 rings (SSSR count). The first-order valence-corrected chi connectivity index (χ1v) is 2.81. The standard InChI is InChI=1S/C6H15O/c1-4-5-6-7(2)3/h4-6H2,1-3H3/q+1. The molecule has 0 radical (unpaired) electrons. The lowest BCUT2D eigenvalue weighted by Gasteiger charge is -2.03. The summed E-state index contributed by atoms with van der Waals surface area (Å²) in [4.78, 5) is 0. The molecule has 0 saturated heterocycles. The van der Waals surface area contributed by atoms with Crippen LogP contribution >= 0.6 is 0 Å². The third kappa shape index (κ3) is 5.96. The van der Waals surface area contributed by atoms with Crippen LogP contribution in [-0.2, 0) is 4.37 Å². The monoisotopic (exact) mass is 103 g/mol. The van der Waals surface area contributed by atoms with Crippen LogP contribution in [0.2, 0.25) is 0 Å². The largest absolute Gasteiger partial charge is 0.426 e. The van der Waals surface area contributed by atoms with Crippen molar-refractivity contribution in [2.24, 2.45) is 0 Å². The molecule has 0 aromatic heterocycles. The summed E-state index contributed by atoms with van der Waals surface area (Å²) < 4.78 is 2.87. The molecule has 44 valence electrons. The minimum atomic E-state index is 1.15. The predicted molar refractivity (Wildman–Crippen MR) is 32.7 cm³/mol. The Morgan fingerprint density at radius 1 is 1.29 bits per heavy atom. The van der Waals surface area contributed by atoms with Gasteiger partial charge in [0, 0.05) is 6.42 Å². The molecule has 0 spiro atoms. The van der Waals surface area contributed by atoms with E-state index in [-0.39, 0.29) is 0 Å². The van der Waals surface area contributed by atoms with Gasteiger partial charge in [-0.05, 0) is 6.42 Å². The SMILES string of the molecule is CCCC[O+](C)C. The molecule has 0 aliphatic carbocycles. The van der Waals surface area contributed by atoms with Gasteiger partial charge in [0.1, 0.15) is 20.8 Å². The fraction of sp³-hybridized carbons (Fsp3) is 1.00. The molecule has 7 heavy (non-hydrogen) atoms. The topological polar surface area (TPSA) is 2.70 Å². The van der Waals surface area contributed by atoms with Crippen molar-refractivity contribution in [3.8, 4) is 0 Å². The summed E-state index contributed by atoms with van der Waals surface area (Å²) >= 11 is 0. The molecule has 1 nitrogen and oxygen atoms in total. The Labute approximate surface area is 46.0 Å². The van der Waals surface area contributed by atoms with Crippen molar-refractivity contribution >= 4 is 0 Å². The fourth-order valence-electron chi connectivity index (χ4n) is 0.433. The fourth-order valence-corrected chi connectivity index (χ4v) is 0.433. The second-order valence-electron chi connectivity index (χ2n) is 2.04. The Balaban J connectivity index is 2.68. The van der Waals surface area contributed by atoms with Crippen LogP contribution in [-0.4, -0.2) is 20.8 Å². The molecule has 0 aliphatic rings. The summed E-state index contributed by atoms with van der Waals surface area (Å²) in [6, 6.07) is 0. The zero-order valence-corrected chi connectivity index (χ0v) is 5.53. The van der Waals surface area contributed by atoms with Crippen LogP contribution in [0.1, 0.15) is 19.8 Å². The summed E-state index contributed by atoms with van der Waals surface area (Å²) in [5, 5.41) is 0. The van der Waals surface area contributed by atoms with Crippen LogP contribution in [0, 0.1) is 0 Å². The summed E-state index contributed by atoms with van der Waals surface area (Å²) in [6.07, 6.45) is 2.57. The minimum Gasteiger partial charge on any atom is -0.426 e. The van der Waals surface area contributed by atoms with Gasteiger partial charge in [-0.1, -0.05) is 6.92 Å². The molecular formula is C6H15O+. The van der Waals surface area contributed by atoms with E-state index in [1.54, 1.807) is 0 Å². The zero-order valence-electron chi connectivity index (χ0n) is 5.53. The van der Waals surface area contributed by atoms with Gasteiger partial charge in [0.25, 0.3) is 0 Å². The normalized spacial score (nSPS) is 10.3. The van der Waals surface area contributed by atoms with E-state index < -0.39 is 0 Å². The van der Waals surface area contributed by atoms with Gasteiger partial charge in [-0.2, -0.15) is 0 Å². The number of hydrogen-bond donors (Lipinski definition) is 0. The average molecular weight is 103 g/mol. The Hall–Kier alpha value is -0.0400. The third-order valence-corrected chi connectivity index (χ3v) is 0.906. The Kier molecular flexibility index (Phi) is 4.10. The minimum absolute atomic E-state index is 1.15. The summed E-state index contributed by atoms with van der Waals surface area (Å²) in [5.41, 5.74) is 0. The lowest BCUT2D eigenvalue weighted by Crippen LogP contribution is -2.02. The average Bonchev–Trinajstić information content (AvgIpc) is 1.61. The van der Waals surface area contributed by atoms with Crippen LogP contribution in [0.3, 0.4) is 0 Å². The van der Waals surface area contributed by atoms with Crippen molar-refractivity contribution in [2.75, 3.05) is 20.8 Å². The molecule has 0 bridgehead atoms. The zero-order chi connectivity index (χ0) is 5.70. The highest BCUT2D eigenvalue weighted by Crippen LogP contribution is 1.90. The summed E-state index contributed by atoms with van der Waals surface area (Å²) in [6.45, 7) is 3.35. The van der Waals surface area contributed by atoms with Gasteiger partial charge in [0.15, 0.2) is 0 Å². The molecule has 0 heterocycles. The van der Waals surface area contributed by atoms with Crippen molar-refractivity contribution in [2.45, 2.75) is 19.8 Å². The number of rotatable bonds is 3. The van der Waals surface area contributed by atoms with E-state index >= 15 is 0 Å². The van der Waals surface area contributed by atoms with E-state index in [1.165, 1.54) is 12.8 Å². The third-order valence-electron chi connectivity index (χ3n) is 0.906. The molecule has 0 aromatic carbocycles. The van der Waals surface area contributed by atoms with Gasteiger partial charge in [-0.3, -0.25) is 0 Å². The second-order valence-corrected chi connectivity index (χ2v) is 2.04. The van der Waals surface area contributed by atoms with Gasteiger partial charge in [0.05, 0.1) is 0 Å². The van der Waals surface area contributed by atoms with Crippen LogP contribution in [0.15, 0.2) is 0 Å². The Morgan fingerprint density at radius 2 is 1.86 bits per heavy atom. The quantitative estimate of drug-likeness (QED) is 0.477. The van der Waals surface area contributed by atoms with E-state index in [9.17, 15) is 0 Å². The van der Waals surface area contributed by atoms with E-state index in [0.717, 1.165) is 6.61 Å². The summed E-state index contributed by atoms with van der Waals surface area (Å²) in [5.74, 6) is 0. The maximum atomic E-state index is 2.87. The second kappa shape index (κ2) is 4.13. The van der Waals surface area contributed by atoms with E-state index in [2.05, 4.69) is 11.3 Å². The van der Waals surface area contributed by atoms with Crippen molar-refractivity contribution in [1.29, 1.82) is 0 Å². The lowest BCUT2D eigenvalue weighted by atomic mass is 10.4. The van der Waals surface area contributed by atoms with Crippen LogP contribution in [0.4, 0.5) is 0 Å². The van der Waals surface area contributed by atoms with Crippen molar-refractivity contribution in [3.63, 3.8) is 0 Å². The molecule has 0 saturated carbocycles. The molecule has 0 unspecified atom stereocenters. The Morgan fingerprint density at radius 3 is 2.00 bits per heavy atom. The van der Waals surface area contributed by atoms with Crippen LogP contribution in [0.25, 0.3) is 0 Å². The first-order valence-electron chi connectivity index (χ1n) is 2.81. The van der Waals surface area contributed by atoms with Gasteiger partial charge < -0.3 is 4.37 Å². The smallest absolute Gasteiger partial charge is 0.145 e. The van der Waals surface area contributed by atoms with Gasteiger partial charge in [-0.25, -0.2) is 0 Å². The summed E-state index contributed by atoms with van der Waals surface area (Å²) in [7, 11) is 4.05. The lowest BCUT2D eigenvalue weighted by molar-refractivity contribution is -0.0552. The molecule has 0 amide bonds. The highest BCUT2D eigenvalue weighted by molar-refractivity contribution is 4.30. The van der Waals surface area contributed by atoms with E-state index in [1.807, 2.05) is 14.2 Å². The van der Waals surface area contributed by atoms with Crippen molar-refractivity contribution in [3.05, 3.63) is 0 Å². The Bertz CT molecular complexity index is 33.2. The highest BCUT2D eigenvalue weighted by Gasteiger charge is 1.88. The van der Waals surface area contributed by atoms with Crippen molar-refractivity contribution in [1.82, 2.24) is 0 Å². The maximum Gasteiger partial charge on any atom is 0.145 e. The maximum absolute atomic E-state index is 2.87. The van der Waals surface area contributed by atoms with Gasteiger partial charge >= 0.3 is 0 Å². The molecule has 0 fully saturated rings. The highest BCUT2D eigenvalue weighted by atomic mass is 16.7. The molecule has 1 heteroatoms. The number of unbranched alkanes of at least 4 members (excludes halogenated alkanes) is 1. The van der Waals surface area contributed by atoms with Gasteiger partial charge in [-0.15, -0.1) is 0 Å². The molecule has 0 atom stereocenters. The number of hydrogen-bond acceptors (Lipinski definition) is 0. The molecule has 0 aliphatic heterocycles. The van der Waals surface area contributed by atoms with E-state index in [0.29, 0.717) is 0 Å². The first-order chi connectivity index (χ1) is 3.27. The molecular weight excluding hydrogens is 88.1 g/mol. The molecule has 0 aromatic rings. The van der Waals surface area contributed by atoms with Gasteiger partial charge in [0.2, 0.25) is 0 Å². The van der Waals surface area contributed by atoms with Crippen LogP contribution in [0.5, 0.6) is 0 Å². The van der Waals surface area contributed by atoms with Crippen molar-refractivity contribution < 1.29 is 4.37 Å². The van der Waals surface area contributed by atoms with E-state index in [4.69, 9.17) is 0 Å². The predicted octanol–water partition coefficient (Wildman–Crippen LogP) is 1.60. The molecule has 0 N–H and O–H groups in total. The first kappa shape index (κ1) is 6.96. The van der Waals surface area contributed by atoms with Crippen LogP contribution < -0.4 is 0 Å².